The normalized spacial score (nSPS) is 14.0. The molecule has 1 amide bonds. The zero-order chi connectivity index (χ0) is 15.2. The number of carbonyl (C=O) groups is 1. The Hall–Kier alpha value is -1.88. The van der Waals surface area contributed by atoms with Gasteiger partial charge < -0.3 is 15.6 Å². The lowest BCUT2D eigenvalue weighted by atomic mass is 9.99. The van der Waals surface area contributed by atoms with Gasteiger partial charge in [0.2, 0.25) is 5.91 Å². The highest BCUT2D eigenvalue weighted by Crippen LogP contribution is 2.12. The van der Waals surface area contributed by atoms with Gasteiger partial charge >= 0.3 is 0 Å². The summed E-state index contributed by atoms with van der Waals surface area (Å²) in [7, 11) is 0. The smallest absolute Gasteiger partial charge is 0.237 e. The molecule has 0 radical (unpaired) electrons. The van der Waals surface area contributed by atoms with Gasteiger partial charge in [0.15, 0.2) is 0 Å². The molecule has 114 valence electrons. The number of hydrogen-bond acceptors (Lipinski definition) is 3. The van der Waals surface area contributed by atoms with Crippen molar-refractivity contribution in [2.24, 2.45) is 11.7 Å². The van der Waals surface area contributed by atoms with E-state index in [-0.39, 0.29) is 11.8 Å². The quantitative estimate of drug-likeness (QED) is 0.764. The minimum atomic E-state index is -0.413. The van der Waals surface area contributed by atoms with Crippen LogP contribution in [0, 0.1) is 5.92 Å². The fourth-order valence-electron chi connectivity index (χ4n) is 2.28. The Morgan fingerprint density at radius 1 is 1.43 bits per heavy atom. The van der Waals surface area contributed by atoms with Gasteiger partial charge in [-0.25, -0.2) is 4.98 Å². The number of fused-ring (bicyclic) bond motifs is 1. The summed E-state index contributed by atoms with van der Waals surface area (Å²) in [6.07, 6.45) is 3.62. The van der Waals surface area contributed by atoms with E-state index in [4.69, 9.17) is 5.73 Å². The van der Waals surface area contributed by atoms with E-state index in [0.29, 0.717) is 6.54 Å². The molecule has 2 unspecified atom stereocenters. The molecule has 21 heavy (non-hydrogen) atoms. The number of para-hydroxylation sites is 2. The maximum absolute atomic E-state index is 11.9. The zero-order valence-electron chi connectivity index (χ0n) is 12.7. The van der Waals surface area contributed by atoms with Crippen LogP contribution in [0.5, 0.6) is 0 Å². The monoisotopic (exact) mass is 288 g/mol. The molecule has 0 saturated heterocycles. The van der Waals surface area contributed by atoms with E-state index in [0.717, 1.165) is 30.4 Å². The number of rotatable bonds is 7. The van der Waals surface area contributed by atoms with E-state index in [2.05, 4.69) is 20.9 Å². The lowest BCUT2D eigenvalue weighted by molar-refractivity contribution is -0.123. The Balaban J connectivity index is 1.78. The number of nitrogens with zero attached hydrogens (tertiary/aromatic N) is 2. The van der Waals surface area contributed by atoms with Gasteiger partial charge in [-0.3, -0.25) is 4.79 Å². The predicted molar refractivity (Wildman–Crippen MR) is 84.8 cm³/mol. The second-order valence-corrected chi connectivity index (χ2v) is 5.48. The number of benzene rings is 1. The zero-order valence-corrected chi connectivity index (χ0v) is 12.7. The van der Waals surface area contributed by atoms with Gasteiger partial charge in [-0.1, -0.05) is 32.4 Å². The van der Waals surface area contributed by atoms with Crippen molar-refractivity contribution in [2.75, 3.05) is 6.54 Å². The van der Waals surface area contributed by atoms with Crippen molar-refractivity contribution < 1.29 is 4.79 Å². The molecule has 3 N–H and O–H groups in total. The topological polar surface area (TPSA) is 72.9 Å². The Morgan fingerprint density at radius 3 is 2.95 bits per heavy atom. The highest BCUT2D eigenvalue weighted by molar-refractivity contribution is 5.81. The van der Waals surface area contributed by atoms with Crippen LogP contribution in [-0.2, 0) is 11.3 Å². The summed E-state index contributed by atoms with van der Waals surface area (Å²) in [6, 6.07) is 7.63. The first kappa shape index (κ1) is 15.5. The number of amides is 1. The molecule has 2 aromatic rings. The summed E-state index contributed by atoms with van der Waals surface area (Å²) >= 11 is 0. The van der Waals surface area contributed by atoms with Gasteiger partial charge in [0.1, 0.15) is 0 Å². The average Bonchev–Trinajstić information content (AvgIpc) is 2.93. The molecule has 0 spiro atoms. The first-order chi connectivity index (χ1) is 10.1. The van der Waals surface area contributed by atoms with E-state index in [1.165, 1.54) is 0 Å². The molecule has 0 saturated carbocycles. The highest BCUT2D eigenvalue weighted by Gasteiger charge is 2.18. The molecule has 2 atom stereocenters. The molecule has 0 fully saturated rings. The maximum Gasteiger partial charge on any atom is 0.237 e. The molecule has 0 aliphatic heterocycles. The van der Waals surface area contributed by atoms with E-state index in [1.807, 2.05) is 38.4 Å². The fourth-order valence-corrected chi connectivity index (χ4v) is 2.28. The van der Waals surface area contributed by atoms with Crippen LogP contribution in [0.25, 0.3) is 11.0 Å². The van der Waals surface area contributed by atoms with Crippen molar-refractivity contribution >= 4 is 16.9 Å². The van der Waals surface area contributed by atoms with Crippen LogP contribution < -0.4 is 11.1 Å². The van der Waals surface area contributed by atoms with Gasteiger partial charge in [0.25, 0.3) is 0 Å². The highest BCUT2D eigenvalue weighted by atomic mass is 16.2. The second kappa shape index (κ2) is 7.22. The standard InChI is InChI=1S/C16H24N4O/c1-3-12(2)15(17)16(21)18-9-6-10-20-11-19-13-7-4-5-8-14(13)20/h4-5,7-8,11-12,15H,3,6,9-10,17H2,1-2H3,(H,18,21). The van der Waals surface area contributed by atoms with Gasteiger partial charge in [-0.15, -0.1) is 0 Å². The van der Waals surface area contributed by atoms with Crippen LogP contribution >= 0.6 is 0 Å². The molecule has 1 aromatic carbocycles. The predicted octanol–water partition coefficient (Wildman–Crippen LogP) is 1.92. The van der Waals surface area contributed by atoms with E-state index in [1.54, 1.807) is 0 Å². The number of aromatic nitrogens is 2. The molecule has 0 aliphatic rings. The van der Waals surface area contributed by atoms with Crippen LogP contribution in [0.15, 0.2) is 30.6 Å². The van der Waals surface area contributed by atoms with Crippen LogP contribution in [-0.4, -0.2) is 28.0 Å². The minimum absolute atomic E-state index is 0.0557. The van der Waals surface area contributed by atoms with Crippen molar-refractivity contribution in [2.45, 2.75) is 39.3 Å². The van der Waals surface area contributed by atoms with Gasteiger partial charge in [0.05, 0.1) is 23.4 Å². The van der Waals surface area contributed by atoms with Crippen LogP contribution in [0.1, 0.15) is 26.7 Å². The Bertz CT molecular complexity index is 593. The van der Waals surface area contributed by atoms with Crippen LogP contribution in [0.3, 0.4) is 0 Å². The first-order valence-corrected chi connectivity index (χ1v) is 7.56. The Labute approximate surface area is 125 Å². The molecule has 0 bridgehead atoms. The first-order valence-electron chi connectivity index (χ1n) is 7.56. The van der Waals surface area contributed by atoms with Crippen LogP contribution in [0.2, 0.25) is 0 Å². The molecular weight excluding hydrogens is 264 g/mol. The Morgan fingerprint density at radius 2 is 2.19 bits per heavy atom. The summed E-state index contributed by atoms with van der Waals surface area (Å²) in [5.41, 5.74) is 8.02. The summed E-state index contributed by atoms with van der Waals surface area (Å²) in [5.74, 6) is 0.155. The second-order valence-electron chi connectivity index (χ2n) is 5.48. The Kier molecular flexibility index (Phi) is 5.33. The third-order valence-electron chi connectivity index (χ3n) is 3.96. The van der Waals surface area contributed by atoms with Crippen molar-refractivity contribution in [1.82, 2.24) is 14.9 Å². The third kappa shape index (κ3) is 3.82. The lowest BCUT2D eigenvalue weighted by Gasteiger charge is -2.17. The van der Waals surface area contributed by atoms with Gasteiger partial charge in [0, 0.05) is 13.1 Å². The third-order valence-corrected chi connectivity index (χ3v) is 3.96. The molecule has 0 aliphatic carbocycles. The van der Waals surface area contributed by atoms with Crippen molar-refractivity contribution in [1.29, 1.82) is 0 Å². The largest absolute Gasteiger partial charge is 0.355 e. The number of imidazole rings is 1. The maximum atomic E-state index is 11.9. The summed E-state index contributed by atoms with van der Waals surface area (Å²) in [6.45, 7) is 5.51. The van der Waals surface area contributed by atoms with Crippen molar-refractivity contribution in [3.05, 3.63) is 30.6 Å². The lowest BCUT2D eigenvalue weighted by Crippen LogP contribution is -2.44. The molecule has 1 heterocycles. The summed E-state index contributed by atoms with van der Waals surface area (Å²) in [4.78, 5) is 16.2. The number of nitrogens with two attached hydrogens (primary N) is 1. The summed E-state index contributed by atoms with van der Waals surface area (Å²) in [5, 5.41) is 2.91. The van der Waals surface area contributed by atoms with Gasteiger partial charge in [-0.05, 0) is 24.5 Å². The van der Waals surface area contributed by atoms with Crippen molar-refractivity contribution in [3.8, 4) is 0 Å². The molecule has 2 rings (SSSR count). The van der Waals surface area contributed by atoms with E-state index >= 15 is 0 Å². The van der Waals surface area contributed by atoms with Gasteiger partial charge in [-0.2, -0.15) is 0 Å². The molecule has 1 aromatic heterocycles. The number of nitrogens with one attached hydrogen (secondary N) is 1. The minimum Gasteiger partial charge on any atom is -0.355 e. The van der Waals surface area contributed by atoms with Crippen LogP contribution in [0.4, 0.5) is 0 Å². The van der Waals surface area contributed by atoms with E-state index in [9.17, 15) is 4.79 Å². The number of aryl methyl sites for hydroxylation is 1. The fraction of sp³-hybridized carbons (Fsp3) is 0.500. The SMILES string of the molecule is CCC(C)C(N)C(=O)NCCCn1cnc2ccccc21. The molecule has 5 heteroatoms. The average molecular weight is 288 g/mol. The number of carbonyl (C=O) groups excluding carboxylic acids is 1. The summed E-state index contributed by atoms with van der Waals surface area (Å²) < 4.78 is 2.11. The van der Waals surface area contributed by atoms with E-state index < -0.39 is 6.04 Å². The number of hydrogen-bond donors (Lipinski definition) is 2. The molecular formula is C16H24N4O. The molecule has 5 nitrogen and oxygen atoms in total. The van der Waals surface area contributed by atoms with Crippen molar-refractivity contribution in [3.63, 3.8) is 0 Å².